The Morgan fingerprint density at radius 3 is 2.92 bits per heavy atom. The predicted octanol–water partition coefficient (Wildman–Crippen LogP) is 2.30. The zero-order chi connectivity index (χ0) is 9.26. The molecular weight excluding hydrogens is 164 g/mol. The Hall–Kier alpha value is -0.790. The van der Waals surface area contributed by atoms with Crippen LogP contribution in [0, 0.1) is 11.8 Å². The quantitative estimate of drug-likeness (QED) is 0.579. The van der Waals surface area contributed by atoms with Crippen molar-refractivity contribution in [2.75, 3.05) is 7.11 Å². The van der Waals surface area contributed by atoms with Crippen molar-refractivity contribution in [2.24, 2.45) is 11.8 Å². The van der Waals surface area contributed by atoms with E-state index in [1.165, 1.54) is 39.2 Å². The van der Waals surface area contributed by atoms with Gasteiger partial charge in [-0.1, -0.05) is 25.3 Å². The number of methoxy groups -OCH3 is 1. The van der Waals surface area contributed by atoms with Gasteiger partial charge in [-0.3, -0.25) is 0 Å². The van der Waals surface area contributed by atoms with Gasteiger partial charge in [-0.2, -0.15) is 0 Å². The molecule has 2 nitrogen and oxygen atoms in total. The van der Waals surface area contributed by atoms with Gasteiger partial charge in [-0.25, -0.2) is 4.79 Å². The molecule has 1 saturated carbocycles. The molecule has 0 aromatic rings. The molecule has 0 bridgehead atoms. The molecular formula is C11H16O2. The number of rotatable bonds is 1. The van der Waals surface area contributed by atoms with Crippen molar-refractivity contribution in [1.29, 1.82) is 0 Å². The highest BCUT2D eigenvalue weighted by atomic mass is 16.5. The van der Waals surface area contributed by atoms with Crippen LogP contribution in [0.15, 0.2) is 11.6 Å². The molecule has 0 spiro atoms. The Kier molecular flexibility index (Phi) is 2.38. The van der Waals surface area contributed by atoms with Crippen molar-refractivity contribution >= 4 is 5.97 Å². The molecule has 0 saturated heterocycles. The van der Waals surface area contributed by atoms with Gasteiger partial charge in [0, 0.05) is 5.57 Å². The molecule has 0 radical (unpaired) electrons. The first-order valence-corrected chi connectivity index (χ1v) is 5.13. The lowest BCUT2D eigenvalue weighted by Crippen LogP contribution is -2.29. The van der Waals surface area contributed by atoms with Gasteiger partial charge in [0.2, 0.25) is 0 Å². The van der Waals surface area contributed by atoms with Crippen LogP contribution >= 0.6 is 0 Å². The second-order valence-corrected chi connectivity index (χ2v) is 4.02. The van der Waals surface area contributed by atoms with E-state index in [0.717, 1.165) is 5.57 Å². The minimum Gasteiger partial charge on any atom is -0.466 e. The largest absolute Gasteiger partial charge is 0.466 e. The van der Waals surface area contributed by atoms with Crippen LogP contribution in [-0.4, -0.2) is 13.1 Å². The number of carbonyl (C=O) groups excluding carboxylic acids is 1. The maximum atomic E-state index is 11.3. The molecule has 0 unspecified atom stereocenters. The monoisotopic (exact) mass is 180 g/mol. The first kappa shape index (κ1) is 8.79. The van der Waals surface area contributed by atoms with Crippen molar-refractivity contribution in [2.45, 2.75) is 32.1 Å². The smallest absolute Gasteiger partial charge is 0.333 e. The normalized spacial score (nSPS) is 32.2. The Bertz CT molecular complexity index is 242. The molecule has 2 atom stereocenters. The maximum absolute atomic E-state index is 11.3. The summed E-state index contributed by atoms with van der Waals surface area (Å²) < 4.78 is 4.74. The molecule has 2 aliphatic rings. The van der Waals surface area contributed by atoms with Crippen LogP contribution in [0.3, 0.4) is 0 Å². The summed E-state index contributed by atoms with van der Waals surface area (Å²) in [6, 6.07) is 0. The Morgan fingerprint density at radius 2 is 2.15 bits per heavy atom. The minimum absolute atomic E-state index is 0.108. The summed E-state index contributed by atoms with van der Waals surface area (Å²) in [4.78, 5) is 11.3. The van der Waals surface area contributed by atoms with Crippen molar-refractivity contribution < 1.29 is 9.53 Å². The highest BCUT2D eigenvalue weighted by Gasteiger charge is 2.37. The molecule has 2 aliphatic carbocycles. The molecule has 0 aliphatic heterocycles. The standard InChI is InChI=1S/C11H16O2/c1-13-11(12)10-7-8-5-3-2-4-6-9(8)10/h7-9H,2-6H2,1H3/t8-,9+/m1/s1. The molecule has 0 amide bonds. The van der Waals surface area contributed by atoms with Gasteiger partial charge in [0.15, 0.2) is 0 Å². The summed E-state index contributed by atoms with van der Waals surface area (Å²) >= 11 is 0. The van der Waals surface area contributed by atoms with E-state index in [4.69, 9.17) is 4.74 Å². The number of carbonyl (C=O) groups is 1. The summed E-state index contributed by atoms with van der Waals surface area (Å²) in [6.07, 6.45) is 8.50. The fourth-order valence-corrected chi connectivity index (χ4v) is 2.49. The van der Waals surface area contributed by atoms with Gasteiger partial charge in [-0.05, 0) is 24.7 Å². The first-order chi connectivity index (χ1) is 6.33. The molecule has 2 heteroatoms. The predicted molar refractivity (Wildman–Crippen MR) is 50.2 cm³/mol. The summed E-state index contributed by atoms with van der Waals surface area (Å²) in [7, 11) is 1.47. The molecule has 0 heterocycles. The average molecular weight is 180 g/mol. The fraction of sp³-hybridized carbons (Fsp3) is 0.727. The van der Waals surface area contributed by atoms with E-state index in [2.05, 4.69) is 6.08 Å². The zero-order valence-electron chi connectivity index (χ0n) is 8.08. The highest BCUT2D eigenvalue weighted by Crippen LogP contribution is 2.43. The summed E-state index contributed by atoms with van der Waals surface area (Å²) in [5.74, 6) is 1.09. The number of fused-ring (bicyclic) bond motifs is 1. The molecule has 1 fully saturated rings. The Morgan fingerprint density at radius 1 is 1.38 bits per heavy atom. The van der Waals surface area contributed by atoms with E-state index in [0.29, 0.717) is 11.8 Å². The molecule has 0 N–H and O–H groups in total. The number of ether oxygens (including phenoxy) is 1. The van der Waals surface area contributed by atoms with Crippen LogP contribution in [0.25, 0.3) is 0 Å². The molecule has 0 aromatic carbocycles. The number of esters is 1. The summed E-state index contributed by atoms with van der Waals surface area (Å²) in [5, 5.41) is 0. The third-order valence-electron chi connectivity index (χ3n) is 3.28. The summed E-state index contributed by atoms with van der Waals surface area (Å²) in [5.41, 5.74) is 0.939. The van der Waals surface area contributed by atoms with Gasteiger partial charge in [0.05, 0.1) is 7.11 Å². The van der Waals surface area contributed by atoms with Crippen LogP contribution in [-0.2, 0) is 9.53 Å². The molecule has 2 rings (SSSR count). The van der Waals surface area contributed by atoms with Crippen LogP contribution in [0.4, 0.5) is 0 Å². The van der Waals surface area contributed by atoms with Crippen LogP contribution in [0.2, 0.25) is 0 Å². The third kappa shape index (κ3) is 1.50. The number of hydrogen-bond acceptors (Lipinski definition) is 2. The minimum atomic E-state index is -0.108. The van der Waals surface area contributed by atoms with Gasteiger partial charge < -0.3 is 4.74 Å². The van der Waals surface area contributed by atoms with Crippen LogP contribution in [0.1, 0.15) is 32.1 Å². The first-order valence-electron chi connectivity index (χ1n) is 5.13. The van der Waals surface area contributed by atoms with E-state index in [1.807, 2.05) is 0 Å². The second-order valence-electron chi connectivity index (χ2n) is 4.02. The topological polar surface area (TPSA) is 26.3 Å². The summed E-state index contributed by atoms with van der Waals surface area (Å²) in [6.45, 7) is 0. The Labute approximate surface area is 79.0 Å². The third-order valence-corrected chi connectivity index (χ3v) is 3.28. The van der Waals surface area contributed by atoms with Crippen molar-refractivity contribution in [1.82, 2.24) is 0 Å². The van der Waals surface area contributed by atoms with E-state index in [9.17, 15) is 4.79 Å². The Balaban J connectivity index is 2.05. The molecule has 0 aromatic heterocycles. The van der Waals surface area contributed by atoms with Gasteiger partial charge in [-0.15, -0.1) is 0 Å². The van der Waals surface area contributed by atoms with Crippen molar-refractivity contribution in [3.05, 3.63) is 11.6 Å². The van der Waals surface area contributed by atoms with Gasteiger partial charge >= 0.3 is 5.97 Å². The van der Waals surface area contributed by atoms with Gasteiger partial charge in [0.1, 0.15) is 0 Å². The van der Waals surface area contributed by atoms with Crippen LogP contribution < -0.4 is 0 Å². The molecule has 13 heavy (non-hydrogen) atoms. The van der Waals surface area contributed by atoms with Crippen molar-refractivity contribution in [3.8, 4) is 0 Å². The lowest BCUT2D eigenvalue weighted by Gasteiger charge is -2.33. The van der Waals surface area contributed by atoms with Gasteiger partial charge in [0.25, 0.3) is 0 Å². The number of allylic oxidation sites excluding steroid dienone is 1. The maximum Gasteiger partial charge on any atom is 0.333 e. The van der Waals surface area contributed by atoms with Crippen LogP contribution in [0.5, 0.6) is 0 Å². The lowest BCUT2D eigenvalue weighted by molar-refractivity contribution is -0.137. The number of hydrogen-bond donors (Lipinski definition) is 0. The van der Waals surface area contributed by atoms with E-state index >= 15 is 0 Å². The fourth-order valence-electron chi connectivity index (χ4n) is 2.49. The van der Waals surface area contributed by atoms with E-state index < -0.39 is 0 Å². The molecule has 72 valence electrons. The average Bonchev–Trinajstić information content (AvgIpc) is 2.29. The van der Waals surface area contributed by atoms with Crippen molar-refractivity contribution in [3.63, 3.8) is 0 Å². The second kappa shape index (κ2) is 3.52. The van der Waals surface area contributed by atoms with E-state index in [1.54, 1.807) is 0 Å². The van der Waals surface area contributed by atoms with E-state index in [-0.39, 0.29) is 5.97 Å². The lowest BCUT2D eigenvalue weighted by atomic mass is 9.72. The highest BCUT2D eigenvalue weighted by molar-refractivity contribution is 5.90. The zero-order valence-corrected chi connectivity index (χ0v) is 8.08. The SMILES string of the molecule is COC(=O)C1=C[C@H]2CCCCC[C@H]12.